The van der Waals surface area contributed by atoms with Crippen molar-refractivity contribution in [3.8, 4) is 11.4 Å². The van der Waals surface area contributed by atoms with Crippen LogP contribution >= 0.6 is 27.7 Å². The van der Waals surface area contributed by atoms with Crippen LogP contribution in [-0.2, 0) is 17.8 Å². The maximum atomic E-state index is 12.7. The van der Waals surface area contributed by atoms with Crippen LogP contribution < -0.4 is 5.32 Å². The zero-order valence-electron chi connectivity index (χ0n) is 15.1. The number of aryl methyl sites for hydroxylation is 1. The van der Waals surface area contributed by atoms with E-state index < -0.39 is 0 Å². The number of hydrogen-bond acceptors (Lipinski definition) is 4. The summed E-state index contributed by atoms with van der Waals surface area (Å²) in [6, 6.07) is 15.9. The number of anilines is 1. The molecule has 2 aromatic carbocycles. The summed E-state index contributed by atoms with van der Waals surface area (Å²) in [6.45, 7) is 4.37. The minimum absolute atomic E-state index is 0.000197. The van der Waals surface area contributed by atoms with E-state index in [0.717, 1.165) is 34.4 Å². The minimum atomic E-state index is -0.232. The van der Waals surface area contributed by atoms with E-state index in [2.05, 4.69) is 39.0 Å². The molecule has 1 aromatic heterocycles. The number of nitrogens with zero attached hydrogens (tertiary/aromatic N) is 3. The highest BCUT2D eigenvalue weighted by Crippen LogP contribution is 2.31. The average Bonchev–Trinajstić information content (AvgIpc) is 3.01. The number of nitrogens with one attached hydrogen (secondary N) is 1. The predicted octanol–water partition coefficient (Wildman–Crippen LogP) is 4.94. The molecule has 1 amide bonds. The van der Waals surface area contributed by atoms with E-state index in [-0.39, 0.29) is 11.2 Å². The molecule has 0 spiro atoms. The van der Waals surface area contributed by atoms with Crippen molar-refractivity contribution in [3.05, 3.63) is 71.2 Å². The van der Waals surface area contributed by atoms with Gasteiger partial charge in [-0.25, -0.2) is 9.67 Å². The lowest BCUT2D eigenvalue weighted by molar-refractivity contribution is -0.115. The van der Waals surface area contributed by atoms with Crippen LogP contribution in [0, 0.1) is 0 Å². The largest absolute Gasteiger partial charge is 0.325 e. The quantitative estimate of drug-likeness (QED) is 0.554. The van der Waals surface area contributed by atoms with Gasteiger partial charge in [0.1, 0.15) is 0 Å². The van der Waals surface area contributed by atoms with Crippen LogP contribution in [0.5, 0.6) is 0 Å². The lowest BCUT2D eigenvalue weighted by Crippen LogP contribution is -2.23. The first kappa shape index (κ1) is 19.0. The molecule has 2 heterocycles. The second kappa shape index (κ2) is 8.32. The lowest BCUT2D eigenvalue weighted by Gasteiger charge is -2.10. The molecule has 4 rings (SSSR count). The summed E-state index contributed by atoms with van der Waals surface area (Å²) in [7, 11) is 0. The molecule has 7 heteroatoms. The standard InChI is InChI=1S/C21H19BrN4OS/c1-2-13-26-19(15-7-10-16(22)11-8-15)24-21(25-26)28-18-12-9-14-5-3-4-6-17(14)23-20(18)27/h2-8,10-11,18H,1,9,12-13H2,(H,23,27). The Morgan fingerprint density at radius 3 is 2.82 bits per heavy atom. The Hall–Kier alpha value is -2.38. The minimum Gasteiger partial charge on any atom is -0.325 e. The van der Waals surface area contributed by atoms with E-state index in [1.165, 1.54) is 17.3 Å². The van der Waals surface area contributed by atoms with Crippen molar-refractivity contribution < 1.29 is 4.79 Å². The van der Waals surface area contributed by atoms with Gasteiger partial charge in [-0.05, 0) is 36.6 Å². The van der Waals surface area contributed by atoms with E-state index in [1.54, 1.807) is 6.08 Å². The number of allylic oxidation sites excluding steroid dienone is 1. The Labute approximate surface area is 176 Å². The number of hydrogen-bond donors (Lipinski definition) is 1. The van der Waals surface area contributed by atoms with E-state index in [9.17, 15) is 4.79 Å². The topological polar surface area (TPSA) is 59.8 Å². The maximum Gasteiger partial charge on any atom is 0.237 e. The Morgan fingerprint density at radius 1 is 1.25 bits per heavy atom. The molecule has 0 fully saturated rings. The van der Waals surface area contributed by atoms with E-state index in [1.807, 2.05) is 47.1 Å². The third-order valence-corrected chi connectivity index (χ3v) is 6.19. The van der Waals surface area contributed by atoms with Crippen LogP contribution in [0.25, 0.3) is 11.4 Å². The van der Waals surface area contributed by atoms with Crippen LogP contribution in [0.2, 0.25) is 0 Å². The number of para-hydroxylation sites is 1. The Morgan fingerprint density at radius 2 is 2.04 bits per heavy atom. The predicted molar refractivity (Wildman–Crippen MR) is 116 cm³/mol. The molecule has 28 heavy (non-hydrogen) atoms. The summed E-state index contributed by atoms with van der Waals surface area (Å²) < 4.78 is 2.83. The van der Waals surface area contributed by atoms with Crippen molar-refractivity contribution in [1.82, 2.24) is 14.8 Å². The molecule has 1 aliphatic rings. The Kier molecular flexibility index (Phi) is 5.64. The van der Waals surface area contributed by atoms with Gasteiger partial charge >= 0.3 is 0 Å². The fourth-order valence-corrected chi connectivity index (χ4v) is 4.37. The fraction of sp³-hybridized carbons (Fsp3) is 0.190. The monoisotopic (exact) mass is 454 g/mol. The highest BCUT2D eigenvalue weighted by atomic mass is 79.9. The Bertz CT molecular complexity index is 1020. The average molecular weight is 455 g/mol. The van der Waals surface area contributed by atoms with Crippen LogP contribution in [0.3, 0.4) is 0 Å². The second-order valence-electron chi connectivity index (χ2n) is 6.49. The zero-order valence-corrected chi connectivity index (χ0v) is 17.5. The third-order valence-electron chi connectivity index (χ3n) is 4.55. The van der Waals surface area contributed by atoms with Gasteiger partial charge in [-0.15, -0.1) is 11.7 Å². The number of carbonyl (C=O) groups excluding carboxylic acids is 1. The molecule has 0 aliphatic carbocycles. The molecular weight excluding hydrogens is 436 g/mol. The highest BCUT2D eigenvalue weighted by molar-refractivity contribution is 9.10. The normalized spacial score (nSPS) is 16.2. The van der Waals surface area contributed by atoms with Gasteiger partial charge in [-0.3, -0.25) is 4.79 Å². The third kappa shape index (κ3) is 4.05. The fourth-order valence-electron chi connectivity index (χ4n) is 3.16. The Balaban J connectivity index is 1.58. The molecule has 1 atom stereocenters. The van der Waals surface area contributed by atoms with Crippen molar-refractivity contribution in [2.24, 2.45) is 0 Å². The smallest absolute Gasteiger partial charge is 0.237 e. The molecule has 0 radical (unpaired) electrons. The SMILES string of the molecule is C=CCn1nc(SC2CCc3ccccc3NC2=O)nc1-c1ccc(Br)cc1. The highest BCUT2D eigenvalue weighted by Gasteiger charge is 2.26. The van der Waals surface area contributed by atoms with Gasteiger partial charge in [-0.2, -0.15) is 0 Å². The first-order chi connectivity index (χ1) is 13.6. The van der Waals surface area contributed by atoms with Gasteiger partial charge in [0.2, 0.25) is 11.1 Å². The molecule has 1 aliphatic heterocycles. The van der Waals surface area contributed by atoms with Gasteiger partial charge in [0.15, 0.2) is 5.82 Å². The molecule has 0 saturated carbocycles. The molecule has 142 valence electrons. The first-order valence-corrected chi connectivity index (χ1v) is 10.7. The summed E-state index contributed by atoms with van der Waals surface area (Å²) in [5, 5.41) is 8.02. The zero-order chi connectivity index (χ0) is 19.5. The van der Waals surface area contributed by atoms with Gasteiger partial charge in [0, 0.05) is 15.7 Å². The van der Waals surface area contributed by atoms with E-state index in [4.69, 9.17) is 4.98 Å². The number of fused-ring (bicyclic) bond motifs is 1. The van der Waals surface area contributed by atoms with Crippen molar-refractivity contribution in [2.75, 3.05) is 5.32 Å². The molecule has 0 saturated heterocycles. The van der Waals surface area contributed by atoms with Crippen molar-refractivity contribution >= 4 is 39.3 Å². The number of benzene rings is 2. The van der Waals surface area contributed by atoms with Crippen LogP contribution in [-0.4, -0.2) is 25.9 Å². The summed E-state index contributed by atoms with van der Waals surface area (Å²) in [6.07, 6.45) is 3.39. The molecule has 1 N–H and O–H groups in total. The lowest BCUT2D eigenvalue weighted by atomic mass is 10.1. The van der Waals surface area contributed by atoms with Crippen LogP contribution in [0.15, 0.2) is 70.8 Å². The number of rotatable bonds is 5. The number of thioether (sulfide) groups is 1. The summed E-state index contributed by atoms with van der Waals surface area (Å²) >= 11 is 4.87. The molecule has 1 unspecified atom stereocenters. The molecular formula is C21H19BrN4OS. The van der Waals surface area contributed by atoms with Crippen LogP contribution in [0.4, 0.5) is 5.69 Å². The summed E-state index contributed by atoms with van der Waals surface area (Å²) in [5.74, 6) is 0.771. The first-order valence-electron chi connectivity index (χ1n) is 9.01. The van der Waals surface area contributed by atoms with Crippen molar-refractivity contribution in [3.63, 3.8) is 0 Å². The van der Waals surface area contributed by atoms with E-state index in [0.29, 0.717) is 11.7 Å². The molecule has 5 nitrogen and oxygen atoms in total. The summed E-state index contributed by atoms with van der Waals surface area (Å²) in [4.78, 5) is 17.4. The maximum absolute atomic E-state index is 12.7. The van der Waals surface area contributed by atoms with Gasteiger partial charge < -0.3 is 5.32 Å². The van der Waals surface area contributed by atoms with Crippen molar-refractivity contribution in [1.29, 1.82) is 0 Å². The molecule has 3 aromatic rings. The summed E-state index contributed by atoms with van der Waals surface area (Å²) in [5.41, 5.74) is 3.04. The van der Waals surface area contributed by atoms with Gasteiger partial charge in [-0.1, -0.05) is 64.1 Å². The van der Waals surface area contributed by atoms with E-state index >= 15 is 0 Å². The number of halogens is 1. The van der Waals surface area contributed by atoms with Gasteiger partial charge in [0.25, 0.3) is 0 Å². The second-order valence-corrected chi connectivity index (χ2v) is 8.57. The van der Waals surface area contributed by atoms with Gasteiger partial charge in [0.05, 0.1) is 11.8 Å². The number of carbonyl (C=O) groups is 1. The molecule has 0 bridgehead atoms. The number of amides is 1. The van der Waals surface area contributed by atoms with Crippen LogP contribution in [0.1, 0.15) is 12.0 Å². The number of aromatic nitrogens is 3. The van der Waals surface area contributed by atoms with Crippen molar-refractivity contribution in [2.45, 2.75) is 29.8 Å².